The first-order valence-electron chi connectivity index (χ1n) is 6.08. The van der Waals surface area contributed by atoms with Gasteiger partial charge in [-0.25, -0.2) is 0 Å². The van der Waals surface area contributed by atoms with E-state index in [9.17, 15) is 9.59 Å². The second-order valence-corrected chi connectivity index (χ2v) is 4.54. The number of benzene rings is 2. The van der Waals surface area contributed by atoms with Gasteiger partial charge in [0.2, 0.25) is 0 Å². The number of carbonyl (C=O) groups is 2. The molecule has 0 spiro atoms. The van der Waals surface area contributed by atoms with Crippen LogP contribution in [0.3, 0.4) is 0 Å². The summed E-state index contributed by atoms with van der Waals surface area (Å²) in [7, 11) is 0. The van der Waals surface area contributed by atoms with Gasteiger partial charge in [-0.05, 0) is 5.56 Å². The van der Waals surface area contributed by atoms with Crippen molar-refractivity contribution in [1.29, 1.82) is 0 Å². The quantitative estimate of drug-likeness (QED) is 0.478. The first kappa shape index (κ1) is 11.7. The minimum absolute atomic E-state index is 0.115. The highest BCUT2D eigenvalue weighted by Crippen LogP contribution is 2.37. The smallest absolute Gasteiger partial charge is 0.328 e. The highest BCUT2D eigenvalue weighted by atomic mass is 16.6. The maximum Gasteiger partial charge on any atom is 0.328 e. The minimum Gasteiger partial charge on any atom is -0.462 e. The molecule has 1 fully saturated rings. The van der Waals surface area contributed by atoms with Gasteiger partial charge in [-0.15, -0.1) is 0 Å². The molecule has 1 saturated heterocycles. The molecule has 1 unspecified atom stereocenters. The first-order valence-corrected chi connectivity index (χ1v) is 6.08. The van der Waals surface area contributed by atoms with Crippen molar-refractivity contribution in [3.8, 4) is 0 Å². The lowest BCUT2D eigenvalue weighted by Crippen LogP contribution is -2.57. The summed E-state index contributed by atoms with van der Waals surface area (Å²) in [5.74, 6) is -0.664. The number of carbonyl (C=O) groups excluding carboxylic acids is 2. The van der Waals surface area contributed by atoms with Crippen molar-refractivity contribution in [2.75, 3.05) is 6.61 Å². The minimum atomic E-state index is -1.16. The Morgan fingerprint density at radius 1 is 0.947 bits per heavy atom. The number of ether oxygens (including phenoxy) is 1. The third-order valence-corrected chi connectivity index (χ3v) is 3.46. The Balaban J connectivity index is 2.08. The van der Waals surface area contributed by atoms with E-state index < -0.39 is 11.4 Å². The third-order valence-electron chi connectivity index (χ3n) is 3.46. The molecule has 3 heteroatoms. The molecule has 0 N–H and O–H groups in total. The second kappa shape index (κ2) is 4.35. The van der Waals surface area contributed by atoms with Gasteiger partial charge < -0.3 is 4.74 Å². The van der Waals surface area contributed by atoms with E-state index in [1.807, 2.05) is 24.3 Å². The Labute approximate surface area is 110 Å². The van der Waals surface area contributed by atoms with Gasteiger partial charge in [-0.1, -0.05) is 60.7 Å². The average molecular weight is 252 g/mol. The van der Waals surface area contributed by atoms with Gasteiger partial charge in [-0.3, -0.25) is 9.59 Å². The molecule has 94 valence electrons. The fourth-order valence-electron chi connectivity index (χ4n) is 2.32. The highest BCUT2D eigenvalue weighted by Gasteiger charge is 2.57. The molecule has 0 bridgehead atoms. The molecule has 2 aromatic carbocycles. The molecule has 1 aliphatic heterocycles. The first-order chi connectivity index (χ1) is 9.25. The molecule has 3 nitrogen and oxygen atoms in total. The fraction of sp³-hybridized carbons (Fsp3) is 0.125. The van der Waals surface area contributed by atoms with E-state index in [1.165, 1.54) is 0 Å². The molecule has 0 amide bonds. The van der Waals surface area contributed by atoms with Crippen LogP contribution in [-0.4, -0.2) is 18.4 Å². The molecular weight excluding hydrogens is 240 g/mol. The van der Waals surface area contributed by atoms with Crippen LogP contribution in [0.15, 0.2) is 60.7 Å². The zero-order valence-electron chi connectivity index (χ0n) is 10.2. The summed E-state index contributed by atoms with van der Waals surface area (Å²) in [5, 5.41) is 0. The number of cyclic esters (lactones) is 1. The summed E-state index contributed by atoms with van der Waals surface area (Å²) in [6.45, 7) is 0.115. The predicted molar refractivity (Wildman–Crippen MR) is 69.9 cm³/mol. The summed E-state index contributed by atoms with van der Waals surface area (Å²) in [4.78, 5) is 24.6. The number of hydrogen-bond donors (Lipinski definition) is 0. The number of esters is 1. The van der Waals surface area contributed by atoms with Gasteiger partial charge in [-0.2, -0.15) is 0 Å². The zero-order valence-corrected chi connectivity index (χ0v) is 10.2. The van der Waals surface area contributed by atoms with Crippen molar-refractivity contribution in [2.24, 2.45) is 0 Å². The molecule has 2 aromatic rings. The molecule has 0 aromatic heterocycles. The number of hydrogen-bond acceptors (Lipinski definition) is 3. The van der Waals surface area contributed by atoms with E-state index in [0.29, 0.717) is 11.1 Å². The third kappa shape index (κ3) is 1.66. The van der Waals surface area contributed by atoms with Crippen LogP contribution in [0, 0.1) is 0 Å². The summed E-state index contributed by atoms with van der Waals surface area (Å²) < 4.78 is 4.88. The van der Waals surface area contributed by atoms with Gasteiger partial charge in [0, 0.05) is 5.56 Å². The molecule has 0 saturated carbocycles. The van der Waals surface area contributed by atoms with E-state index >= 15 is 0 Å². The zero-order chi connectivity index (χ0) is 13.3. The lowest BCUT2D eigenvalue weighted by atomic mass is 9.72. The van der Waals surface area contributed by atoms with Crippen molar-refractivity contribution in [3.05, 3.63) is 71.8 Å². The monoisotopic (exact) mass is 252 g/mol. The van der Waals surface area contributed by atoms with Gasteiger partial charge in [0.15, 0.2) is 11.2 Å². The molecule has 1 heterocycles. The number of rotatable bonds is 3. The lowest BCUT2D eigenvalue weighted by Gasteiger charge is -2.38. The summed E-state index contributed by atoms with van der Waals surface area (Å²) in [5.41, 5.74) is 0.0610. The largest absolute Gasteiger partial charge is 0.462 e. The SMILES string of the molecule is O=C1OCC1(C(=O)c1ccccc1)c1ccccc1. The van der Waals surface area contributed by atoms with Gasteiger partial charge in [0.25, 0.3) is 0 Å². The average Bonchev–Trinajstić information content (AvgIpc) is 2.48. The standard InChI is InChI=1S/C16H12O3/c17-14(12-7-3-1-4-8-12)16(11-19-15(16)18)13-9-5-2-6-10-13/h1-10H,11H2. The molecule has 1 aliphatic rings. The molecule has 19 heavy (non-hydrogen) atoms. The van der Waals surface area contributed by atoms with Crippen LogP contribution in [0.5, 0.6) is 0 Å². The van der Waals surface area contributed by atoms with E-state index in [1.54, 1.807) is 36.4 Å². The van der Waals surface area contributed by atoms with E-state index in [-0.39, 0.29) is 12.4 Å². The van der Waals surface area contributed by atoms with Crippen molar-refractivity contribution in [2.45, 2.75) is 5.41 Å². The van der Waals surface area contributed by atoms with E-state index in [0.717, 1.165) is 0 Å². The van der Waals surface area contributed by atoms with Gasteiger partial charge in [0.1, 0.15) is 6.61 Å². The van der Waals surface area contributed by atoms with Crippen LogP contribution in [0.4, 0.5) is 0 Å². The Bertz CT molecular complexity index is 619. The maximum atomic E-state index is 12.7. The van der Waals surface area contributed by atoms with Crippen LogP contribution in [0.2, 0.25) is 0 Å². The Kier molecular flexibility index (Phi) is 2.67. The van der Waals surface area contributed by atoms with E-state index in [2.05, 4.69) is 0 Å². The second-order valence-electron chi connectivity index (χ2n) is 4.54. The van der Waals surface area contributed by atoms with Gasteiger partial charge >= 0.3 is 5.97 Å². The van der Waals surface area contributed by atoms with Crippen LogP contribution in [0.1, 0.15) is 15.9 Å². The molecule has 3 rings (SSSR count). The maximum absolute atomic E-state index is 12.7. The van der Waals surface area contributed by atoms with Gasteiger partial charge in [0.05, 0.1) is 0 Å². The molecule has 1 atom stereocenters. The highest BCUT2D eigenvalue weighted by molar-refractivity contribution is 6.19. The molecule has 0 radical (unpaired) electrons. The Morgan fingerprint density at radius 2 is 1.53 bits per heavy atom. The van der Waals surface area contributed by atoms with Crippen LogP contribution in [0.25, 0.3) is 0 Å². The summed E-state index contributed by atoms with van der Waals surface area (Å²) >= 11 is 0. The summed E-state index contributed by atoms with van der Waals surface area (Å²) in [6, 6.07) is 17.9. The Morgan fingerprint density at radius 3 is 2.00 bits per heavy atom. The van der Waals surface area contributed by atoms with Crippen molar-refractivity contribution >= 4 is 11.8 Å². The number of Topliss-reactive ketones (excluding diaryl/α,β-unsaturated/α-hetero) is 1. The molecular formula is C16H12O3. The summed E-state index contributed by atoms with van der Waals surface area (Å²) in [6.07, 6.45) is 0. The normalized spacial score (nSPS) is 21.4. The predicted octanol–water partition coefficient (Wildman–Crippen LogP) is 2.36. The van der Waals surface area contributed by atoms with Crippen LogP contribution >= 0.6 is 0 Å². The lowest BCUT2D eigenvalue weighted by molar-refractivity contribution is -0.168. The topological polar surface area (TPSA) is 43.4 Å². The van der Waals surface area contributed by atoms with Crippen LogP contribution < -0.4 is 0 Å². The number of ketones is 1. The molecule has 0 aliphatic carbocycles. The van der Waals surface area contributed by atoms with Crippen molar-refractivity contribution < 1.29 is 14.3 Å². The van der Waals surface area contributed by atoms with Crippen LogP contribution in [-0.2, 0) is 14.9 Å². The fourth-order valence-corrected chi connectivity index (χ4v) is 2.32. The van der Waals surface area contributed by atoms with E-state index in [4.69, 9.17) is 4.74 Å². The van der Waals surface area contributed by atoms with Crippen molar-refractivity contribution in [1.82, 2.24) is 0 Å². The van der Waals surface area contributed by atoms with Crippen molar-refractivity contribution in [3.63, 3.8) is 0 Å². The Hall–Kier alpha value is -2.42.